The Morgan fingerprint density at radius 3 is 2.59 bits per heavy atom. The van der Waals surface area contributed by atoms with Crippen molar-refractivity contribution in [2.75, 3.05) is 26.3 Å². The molecular weight excluding hydrogens is 220 g/mol. The first-order chi connectivity index (χ1) is 8.33. The molecule has 0 aliphatic carbocycles. The molecule has 0 aliphatic heterocycles. The van der Waals surface area contributed by atoms with Gasteiger partial charge >= 0.3 is 6.03 Å². The van der Waals surface area contributed by atoms with Crippen molar-refractivity contribution >= 4 is 6.03 Å². The van der Waals surface area contributed by atoms with E-state index in [2.05, 4.69) is 10.6 Å². The van der Waals surface area contributed by atoms with Crippen LogP contribution >= 0.6 is 0 Å². The van der Waals surface area contributed by atoms with Gasteiger partial charge in [0, 0.05) is 13.2 Å². The fourth-order valence-electron chi connectivity index (χ4n) is 1.19. The number of carbonyl (C=O) groups is 1. The lowest BCUT2D eigenvalue weighted by molar-refractivity contribution is 0.234. The number of hydrogen-bond acceptors (Lipinski definition) is 3. The Morgan fingerprint density at radius 1 is 1.18 bits per heavy atom. The van der Waals surface area contributed by atoms with Crippen molar-refractivity contribution in [3.63, 3.8) is 0 Å². The van der Waals surface area contributed by atoms with Crippen molar-refractivity contribution in [2.45, 2.75) is 6.42 Å². The van der Waals surface area contributed by atoms with E-state index in [4.69, 9.17) is 9.84 Å². The first-order valence-electron chi connectivity index (χ1n) is 5.63. The zero-order chi connectivity index (χ0) is 12.3. The first kappa shape index (κ1) is 13.3. The van der Waals surface area contributed by atoms with Gasteiger partial charge in [-0.1, -0.05) is 18.2 Å². The smallest absolute Gasteiger partial charge is 0.314 e. The van der Waals surface area contributed by atoms with Crippen LogP contribution in [0.1, 0.15) is 6.42 Å². The fourth-order valence-corrected chi connectivity index (χ4v) is 1.19. The van der Waals surface area contributed by atoms with Gasteiger partial charge in [0.25, 0.3) is 0 Å². The quantitative estimate of drug-likeness (QED) is 0.614. The summed E-state index contributed by atoms with van der Waals surface area (Å²) in [6, 6.07) is 9.19. The van der Waals surface area contributed by atoms with E-state index in [9.17, 15) is 4.79 Å². The lowest BCUT2D eigenvalue weighted by Crippen LogP contribution is -2.38. The molecule has 0 aliphatic rings. The van der Waals surface area contributed by atoms with E-state index in [0.717, 1.165) is 5.75 Å². The van der Waals surface area contributed by atoms with Crippen LogP contribution < -0.4 is 15.4 Å². The minimum Gasteiger partial charge on any atom is -0.492 e. The molecule has 3 N–H and O–H groups in total. The number of carbonyl (C=O) groups excluding carboxylic acids is 1. The van der Waals surface area contributed by atoms with Gasteiger partial charge < -0.3 is 20.5 Å². The summed E-state index contributed by atoms with van der Waals surface area (Å²) < 4.78 is 5.40. The van der Waals surface area contributed by atoms with Gasteiger partial charge in [0.1, 0.15) is 12.4 Å². The van der Waals surface area contributed by atoms with Crippen molar-refractivity contribution in [3.05, 3.63) is 30.3 Å². The Hall–Kier alpha value is -1.75. The van der Waals surface area contributed by atoms with E-state index < -0.39 is 0 Å². The monoisotopic (exact) mass is 238 g/mol. The lowest BCUT2D eigenvalue weighted by atomic mass is 10.3. The molecule has 0 saturated carbocycles. The molecule has 0 saturated heterocycles. The number of aliphatic hydroxyl groups is 1. The fraction of sp³-hybridized carbons (Fsp3) is 0.417. The summed E-state index contributed by atoms with van der Waals surface area (Å²) >= 11 is 0. The van der Waals surface area contributed by atoms with Crippen LogP contribution in [0.25, 0.3) is 0 Å². The molecule has 0 unspecified atom stereocenters. The zero-order valence-electron chi connectivity index (χ0n) is 9.69. The molecule has 0 fully saturated rings. The Balaban J connectivity index is 2.02. The van der Waals surface area contributed by atoms with Crippen LogP contribution in [-0.4, -0.2) is 37.4 Å². The van der Waals surface area contributed by atoms with Gasteiger partial charge in [-0.15, -0.1) is 0 Å². The van der Waals surface area contributed by atoms with Crippen LogP contribution in [0.2, 0.25) is 0 Å². The minimum absolute atomic E-state index is 0.0808. The molecule has 5 heteroatoms. The van der Waals surface area contributed by atoms with E-state index in [1.54, 1.807) is 0 Å². The third kappa shape index (κ3) is 6.42. The molecule has 5 nitrogen and oxygen atoms in total. The molecule has 0 atom stereocenters. The molecule has 0 heterocycles. The molecule has 0 aromatic heterocycles. The molecule has 17 heavy (non-hydrogen) atoms. The van der Waals surface area contributed by atoms with Gasteiger partial charge in [0.05, 0.1) is 6.54 Å². The van der Waals surface area contributed by atoms with E-state index >= 15 is 0 Å². The average molecular weight is 238 g/mol. The third-order valence-corrected chi connectivity index (χ3v) is 2.02. The summed E-state index contributed by atoms with van der Waals surface area (Å²) in [7, 11) is 0. The summed E-state index contributed by atoms with van der Waals surface area (Å²) in [6.07, 6.45) is 0.563. The van der Waals surface area contributed by atoms with Gasteiger partial charge in [-0.3, -0.25) is 0 Å². The number of hydrogen-bond donors (Lipinski definition) is 3. The Bertz CT molecular complexity index is 317. The molecule has 2 amide bonds. The number of para-hydroxylation sites is 1. The lowest BCUT2D eigenvalue weighted by Gasteiger charge is -2.08. The number of urea groups is 1. The second-order valence-electron chi connectivity index (χ2n) is 3.42. The average Bonchev–Trinajstić information content (AvgIpc) is 2.36. The predicted octanol–water partition coefficient (Wildman–Crippen LogP) is 0.747. The molecule has 1 rings (SSSR count). The second kappa shape index (κ2) is 8.41. The maximum atomic E-state index is 11.2. The normalized spacial score (nSPS) is 9.71. The van der Waals surface area contributed by atoms with Crippen LogP contribution in [-0.2, 0) is 0 Å². The number of rotatable bonds is 7. The summed E-state index contributed by atoms with van der Waals surface area (Å²) in [4.78, 5) is 11.2. The maximum absolute atomic E-state index is 11.2. The van der Waals surface area contributed by atoms with E-state index in [1.807, 2.05) is 30.3 Å². The van der Waals surface area contributed by atoms with Crippen LogP contribution in [0.5, 0.6) is 5.75 Å². The van der Waals surface area contributed by atoms with Crippen LogP contribution in [0.15, 0.2) is 30.3 Å². The highest BCUT2D eigenvalue weighted by Gasteiger charge is 1.98. The Kier molecular flexibility index (Phi) is 6.59. The second-order valence-corrected chi connectivity index (χ2v) is 3.42. The molecule has 0 radical (unpaired) electrons. The number of benzene rings is 1. The van der Waals surface area contributed by atoms with Crippen molar-refractivity contribution in [1.82, 2.24) is 10.6 Å². The number of aliphatic hydroxyl groups excluding tert-OH is 1. The SMILES string of the molecule is O=C(NCCCO)NCCOc1ccccc1. The highest BCUT2D eigenvalue weighted by Crippen LogP contribution is 2.07. The Labute approximate surface area is 101 Å². The van der Waals surface area contributed by atoms with E-state index in [-0.39, 0.29) is 12.6 Å². The zero-order valence-corrected chi connectivity index (χ0v) is 9.69. The van der Waals surface area contributed by atoms with Crippen LogP contribution in [0, 0.1) is 0 Å². The van der Waals surface area contributed by atoms with Crippen LogP contribution in [0.4, 0.5) is 4.79 Å². The summed E-state index contributed by atoms with van der Waals surface area (Å²) in [5.74, 6) is 0.787. The van der Waals surface area contributed by atoms with Gasteiger partial charge in [-0.25, -0.2) is 4.79 Å². The molecule has 0 spiro atoms. The molecule has 1 aromatic rings. The standard InChI is InChI=1S/C12H18N2O3/c15-9-4-7-13-12(16)14-8-10-17-11-5-2-1-3-6-11/h1-3,5-6,15H,4,7-10H2,(H2,13,14,16). The first-order valence-corrected chi connectivity index (χ1v) is 5.63. The highest BCUT2D eigenvalue weighted by molar-refractivity contribution is 5.73. The molecule has 0 bridgehead atoms. The van der Waals surface area contributed by atoms with Gasteiger partial charge in [0.15, 0.2) is 0 Å². The number of amides is 2. The molecular formula is C12H18N2O3. The topological polar surface area (TPSA) is 70.6 Å². The van der Waals surface area contributed by atoms with Gasteiger partial charge in [0.2, 0.25) is 0 Å². The largest absolute Gasteiger partial charge is 0.492 e. The Morgan fingerprint density at radius 2 is 1.88 bits per heavy atom. The molecule has 1 aromatic carbocycles. The van der Waals surface area contributed by atoms with Crippen molar-refractivity contribution < 1.29 is 14.6 Å². The summed E-state index contributed by atoms with van der Waals surface area (Å²) in [5, 5.41) is 13.8. The van der Waals surface area contributed by atoms with Crippen molar-refractivity contribution in [1.29, 1.82) is 0 Å². The van der Waals surface area contributed by atoms with Crippen molar-refractivity contribution in [3.8, 4) is 5.75 Å². The van der Waals surface area contributed by atoms with Gasteiger partial charge in [-0.2, -0.15) is 0 Å². The number of nitrogens with one attached hydrogen (secondary N) is 2. The van der Waals surface area contributed by atoms with Crippen LogP contribution in [0.3, 0.4) is 0 Å². The molecule has 94 valence electrons. The van der Waals surface area contributed by atoms with Gasteiger partial charge in [-0.05, 0) is 18.6 Å². The van der Waals surface area contributed by atoms with E-state index in [1.165, 1.54) is 0 Å². The van der Waals surface area contributed by atoms with E-state index in [0.29, 0.717) is 26.1 Å². The predicted molar refractivity (Wildman–Crippen MR) is 65.0 cm³/mol. The summed E-state index contributed by atoms with van der Waals surface area (Å²) in [5.41, 5.74) is 0. The highest BCUT2D eigenvalue weighted by atomic mass is 16.5. The minimum atomic E-state index is -0.241. The summed E-state index contributed by atoms with van der Waals surface area (Å²) in [6.45, 7) is 1.43. The third-order valence-electron chi connectivity index (χ3n) is 2.02. The number of ether oxygens (including phenoxy) is 1. The van der Waals surface area contributed by atoms with Crippen molar-refractivity contribution in [2.24, 2.45) is 0 Å². The maximum Gasteiger partial charge on any atom is 0.314 e.